The summed E-state index contributed by atoms with van der Waals surface area (Å²) in [5.74, 6) is -2.89. The van der Waals surface area contributed by atoms with Crippen molar-refractivity contribution in [3.05, 3.63) is 22.7 Å². The van der Waals surface area contributed by atoms with Crippen LogP contribution in [0.1, 0.15) is 20.1 Å². The summed E-state index contributed by atoms with van der Waals surface area (Å²) >= 11 is 0. The van der Waals surface area contributed by atoms with E-state index in [2.05, 4.69) is 18.1 Å². The van der Waals surface area contributed by atoms with Crippen molar-refractivity contribution in [2.24, 2.45) is 5.92 Å². The van der Waals surface area contributed by atoms with Crippen LogP contribution in [-0.4, -0.2) is 66.5 Å². The maximum absolute atomic E-state index is 12.3. The summed E-state index contributed by atoms with van der Waals surface area (Å²) in [4.78, 5) is 75.1. The fraction of sp³-hybridized carbons (Fsp3) is 0.571. The number of anilines is 1. The predicted octanol–water partition coefficient (Wildman–Crippen LogP) is -0.823. The van der Waals surface area contributed by atoms with Gasteiger partial charge in [0.1, 0.15) is 12.4 Å². The molecule has 6 N–H and O–H groups in total. The number of rotatable bonds is 11. The Labute approximate surface area is 201 Å². The maximum Gasteiger partial charge on any atom is 0.490 e. The van der Waals surface area contributed by atoms with Gasteiger partial charge in [0.05, 0.1) is 18.6 Å². The molecule has 2 heterocycles. The van der Waals surface area contributed by atoms with Crippen molar-refractivity contribution >= 4 is 41.2 Å². The summed E-state index contributed by atoms with van der Waals surface area (Å²) in [5, 5.41) is 0. The summed E-state index contributed by atoms with van der Waals surface area (Å²) in [5.41, 5.74) is 4.52. The zero-order chi connectivity index (χ0) is 27.5. The predicted molar refractivity (Wildman–Crippen MR) is 112 cm³/mol. The number of nitrogens with zero attached hydrogens (tertiary/aromatic N) is 2. The lowest BCUT2D eigenvalue weighted by Crippen LogP contribution is -2.38. The Hall–Kier alpha value is -2.01. The van der Waals surface area contributed by atoms with Crippen molar-refractivity contribution in [3.63, 3.8) is 0 Å². The lowest BCUT2D eigenvalue weighted by molar-refractivity contribution is -0.155. The Bertz CT molecular complexity index is 1180. The molecule has 22 heteroatoms. The van der Waals surface area contributed by atoms with E-state index in [0.29, 0.717) is 0 Å². The van der Waals surface area contributed by atoms with Gasteiger partial charge in [-0.1, -0.05) is 0 Å². The molecule has 1 aromatic rings. The molecule has 19 nitrogen and oxygen atoms in total. The molecule has 0 spiro atoms. The van der Waals surface area contributed by atoms with E-state index in [9.17, 15) is 37.9 Å². The summed E-state index contributed by atoms with van der Waals surface area (Å²) in [6, 6.07) is 1.22. The van der Waals surface area contributed by atoms with Crippen molar-refractivity contribution in [1.29, 1.82) is 0 Å². The minimum absolute atomic E-state index is 0.140. The molecule has 0 saturated carbocycles. The number of hydrogen-bond donors (Lipinski definition) is 5. The highest BCUT2D eigenvalue weighted by molar-refractivity contribution is 7.66. The van der Waals surface area contributed by atoms with E-state index < -0.39 is 78.7 Å². The smallest absolute Gasteiger partial charge is 0.465 e. The van der Waals surface area contributed by atoms with E-state index in [1.165, 1.54) is 6.07 Å². The summed E-state index contributed by atoms with van der Waals surface area (Å²) in [6.07, 6.45) is -3.02. The number of carbonyl (C=O) groups excluding carboxylic acids is 2. The zero-order valence-corrected chi connectivity index (χ0v) is 21.1. The van der Waals surface area contributed by atoms with Gasteiger partial charge in [-0.15, -0.1) is 0 Å². The van der Waals surface area contributed by atoms with Gasteiger partial charge in [-0.05, 0) is 6.07 Å². The fourth-order valence-electron chi connectivity index (χ4n) is 3.01. The average molecular weight is 581 g/mol. The molecule has 36 heavy (non-hydrogen) atoms. The molecule has 6 atom stereocenters. The number of phosphoric acid groups is 3. The first-order valence-electron chi connectivity index (χ1n) is 9.48. The monoisotopic (exact) mass is 581 g/mol. The van der Waals surface area contributed by atoms with Gasteiger partial charge in [0.2, 0.25) is 0 Å². The molecule has 1 aliphatic heterocycles. The van der Waals surface area contributed by atoms with Crippen LogP contribution in [0.25, 0.3) is 0 Å². The third kappa shape index (κ3) is 9.14. The van der Waals surface area contributed by atoms with Crippen LogP contribution in [0.4, 0.5) is 5.82 Å². The molecule has 1 fully saturated rings. The van der Waals surface area contributed by atoms with E-state index in [1.807, 2.05) is 0 Å². The SMILES string of the molecule is CC(=O)OCC1C(COP(=O)(O)OP(=O)(O)OP(=O)(O)O)OC(n2ccc(N)nc2=O)C1OC(C)=O. The molecule has 0 bridgehead atoms. The summed E-state index contributed by atoms with van der Waals surface area (Å²) in [7, 11) is -16.9. The minimum atomic E-state index is -5.79. The molecular weight excluding hydrogens is 559 g/mol. The van der Waals surface area contributed by atoms with Gasteiger partial charge in [0, 0.05) is 20.0 Å². The average Bonchev–Trinajstić information content (AvgIpc) is 2.98. The van der Waals surface area contributed by atoms with E-state index in [0.717, 1.165) is 24.6 Å². The van der Waals surface area contributed by atoms with Crippen LogP contribution < -0.4 is 11.4 Å². The van der Waals surface area contributed by atoms with E-state index in [-0.39, 0.29) is 5.82 Å². The molecule has 0 aliphatic carbocycles. The first kappa shape index (κ1) is 30.2. The number of hydrogen-bond acceptors (Lipinski definition) is 14. The molecule has 204 valence electrons. The van der Waals surface area contributed by atoms with Gasteiger partial charge in [-0.3, -0.25) is 18.7 Å². The highest BCUT2D eigenvalue weighted by Gasteiger charge is 2.50. The van der Waals surface area contributed by atoms with Crippen molar-refractivity contribution < 1.29 is 70.2 Å². The second-order valence-corrected chi connectivity index (χ2v) is 11.5. The highest BCUT2D eigenvalue weighted by Crippen LogP contribution is 2.66. The first-order valence-corrected chi connectivity index (χ1v) is 14.0. The lowest BCUT2D eigenvalue weighted by Gasteiger charge is -2.24. The van der Waals surface area contributed by atoms with Gasteiger partial charge in [-0.2, -0.15) is 13.6 Å². The molecule has 1 saturated heterocycles. The van der Waals surface area contributed by atoms with E-state index in [4.69, 9.17) is 29.7 Å². The van der Waals surface area contributed by atoms with Crippen molar-refractivity contribution in [3.8, 4) is 0 Å². The second-order valence-electron chi connectivity index (χ2n) is 7.03. The number of ether oxygens (including phenoxy) is 3. The van der Waals surface area contributed by atoms with E-state index in [1.54, 1.807) is 0 Å². The maximum atomic E-state index is 12.3. The third-order valence-electron chi connectivity index (χ3n) is 4.22. The third-order valence-corrected chi connectivity index (χ3v) is 8.02. The molecule has 1 aliphatic rings. The van der Waals surface area contributed by atoms with E-state index >= 15 is 0 Å². The highest BCUT2D eigenvalue weighted by atomic mass is 31.3. The Kier molecular flexibility index (Phi) is 9.72. The molecule has 2 rings (SSSR count). The first-order chi connectivity index (χ1) is 16.4. The van der Waals surface area contributed by atoms with Crippen LogP contribution in [0, 0.1) is 5.92 Å². The van der Waals surface area contributed by atoms with Gasteiger partial charge in [-0.25, -0.2) is 18.5 Å². The molecule has 0 radical (unpaired) electrons. The second kappa shape index (κ2) is 11.6. The Morgan fingerprint density at radius 1 is 1.08 bits per heavy atom. The fourth-order valence-corrected chi connectivity index (χ4v) is 6.04. The van der Waals surface area contributed by atoms with Crippen molar-refractivity contribution in [2.75, 3.05) is 18.9 Å². The largest absolute Gasteiger partial charge is 0.490 e. The van der Waals surface area contributed by atoms with Crippen LogP contribution in [0.3, 0.4) is 0 Å². The summed E-state index contributed by atoms with van der Waals surface area (Å²) < 4.78 is 62.8. The molecule has 6 unspecified atom stereocenters. The van der Waals surface area contributed by atoms with Crippen molar-refractivity contribution in [2.45, 2.75) is 32.3 Å². The number of nitrogens with two attached hydrogens (primary N) is 1. The van der Waals surface area contributed by atoms with Crippen LogP contribution in [0.2, 0.25) is 0 Å². The number of esters is 2. The van der Waals surface area contributed by atoms with Gasteiger partial charge in [0.15, 0.2) is 12.3 Å². The van der Waals surface area contributed by atoms with Gasteiger partial charge >= 0.3 is 41.1 Å². The number of phosphoric ester groups is 1. The Morgan fingerprint density at radius 2 is 1.72 bits per heavy atom. The number of nitrogen functional groups attached to an aromatic ring is 1. The van der Waals surface area contributed by atoms with Gasteiger partial charge in [0.25, 0.3) is 0 Å². The standard InChI is InChI=1S/C14H22N3O16P3/c1-7(18)28-5-9-10(6-29-35(24,25)33-36(26,27)32-34(21,22)23)31-13(12(9)30-8(2)19)17-4-3-11(15)16-14(17)20/h3-4,9-10,12-13H,5-6H2,1-2H3,(H,24,25)(H,26,27)(H2,15,16,20)(H2,21,22,23). The Balaban J connectivity index is 2.32. The lowest BCUT2D eigenvalue weighted by atomic mass is 9.99. The number of aromatic nitrogens is 2. The Morgan fingerprint density at radius 3 is 2.25 bits per heavy atom. The van der Waals surface area contributed by atoms with Crippen LogP contribution in [-0.2, 0) is 50.6 Å². The summed E-state index contributed by atoms with van der Waals surface area (Å²) in [6.45, 7) is 0.610. The molecule has 1 aromatic heterocycles. The van der Waals surface area contributed by atoms with Crippen LogP contribution in [0.15, 0.2) is 17.1 Å². The molecule has 0 amide bonds. The van der Waals surface area contributed by atoms with Crippen LogP contribution in [0.5, 0.6) is 0 Å². The quantitative estimate of drug-likeness (QED) is 0.157. The zero-order valence-electron chi connectivity index (χ0n) is 18.4. The molecule has 0 aromatic carbocycles. The topological polar surface area (TPSA) is 283 Å². The molecular formula is C14H22N3O16P3. The normalized spacial score (nSPS) is 25.5. The number of carbonyl (C=O) groups is 2. The van der Waals surface area contributed by atoms with Gasteiger partial charge < -0.3 is 39.5 Å². The van der Waals surface area contributed by atoms with Crippen molar-refractivity contribution in [1.82, 2.24) is 9.55 Å². The minimum Gasteiger partial charge on any atom is -0.465 e. The van der Waals surface area contributed by atoms with Crippen LogP contribution >= 0.6 is 23.5 Å².